The number of nitro benzene ring substituents is 1. The van der Waals surface area contributed by atoms with Crippen molar-refractivity contribution < 1.29 is 19.2 Å². The summed E-state index contributed by atoms with van der Waals surface area (Å²) >= 11 is 0. The van der Waals surface area contributed by atoms with Crippen molar-refractivity contribution >= 4 is 17.8 Å². The standard InChI is InChI=1S/C19H15N3O5/c23-18(14-4-2-1-3-5-14)19(24)21-20-12-16-10-11-17(27-16)13-6-8-15(9-7-13)22(25)26/h1-12,18,23H,(H,21,24)/b20-12-/t18-/m0/s1. The van der Waals surface area contributed by atoms with Crippen molar-refractivity contribution in [1.29, 1.82) is 0 Å². The van der Waals surface area contributed by atoms with Gasteiger partial charge < -0.3 is 9.52 Å². The SMILES string of the molecule is O=C(N/N=C\c1ccc(-c2ccc([N+](=O)[O-])cc2)o1)[C@@H](O)c1ccccc1. The minimum Gasteiger partial charge on any atom is -0.455 e. The number of carbonyl (C=O) groups is 1. The van der Waals surface area contributed by atoms with Crippen LogP contribution in [0.15, 0.2) is 76.2 Å². The zero-order valence-corrected chi connectivity index (χ0v) is 14.0. The van der Waals surface area contributed by atoms with E-state index in [4.69, 9.17) is 4.42 Å². The summed E-state index contributed by atoms with van der Waals surface area (Å²) in [5, 5.41) is 24.4. The number of furan rings is 1. The molecule has 1 aromatic heterocycles. The minimum atomic E-state index is -1.32. The molecule has 27 heavy (non-hydrogen) atoms. The average molecular weight is 365 g/mol. The molecule has 1 amide bonds. The lowest BCUT2D eigenvalue weighted by atomic mass is 10.1. The van der Waals surface area contributed by atoms with Gasteiger partial charge in [0.05, 0.1) is 11.1 Å². The van der Waals surface area contributed by atoms with Crippen LogP contribution in [0, 0.1) is 10.1 Å². The number of nitrogens with zero attached hydrogens (tertiary/aromatic N) is 2. The second-order valence-electron chi connectivity index (χ2n) is 5.55. The predicted octanol–water partition coefficient (Wildman–Crippen LogP) is 3.04. The molecule has 136 valence electrons. The molecule has 0 bridgehead atoms. The van der Waals surface area contributed by atoms with Crippen LogP contribution in [-0.4, -0.2) is 22.2 Å². The van der Waals surface area contributed by atoms with E-state index in [0.29, 0.717) is 22.6 Å². The number of aliphatic hydroxyl groups is 1. The van der Waals surface area contributed by atoms with E-state index < -0.39 is 16.9 Å². The van der Waals surface area contributed by atoms with Gasteiger partial charge in [-0.3, -0.25) is 14.9 Å². The van der Waals surface area contributed by atoms with Crippen molar-refractivity contribution in [2.24, 2.45) is 5.10 Å². The molecule has 2 aromatic carbocycles. The third kappa shape index (κ3) is 4.44. The Balaban J connectivity index is 1.62. The summed E-state index contributed by atoms with van der Waals surface area (Å²) in [7, 11) is 0. The Labute approximate surface area is 153 Å². The van der Waals surface area contributed by atoms with E-state index in [1.54, 1.807) is 54.6 Å². The molecule has 0 saturated carbocycles. The summed E-state index contributed by atoms with van der Waals surface area (Å²) in [5.74, 6) is 0.208. The molecule has 1 heterocycles. The van der Waals surface area contributed by atoms with Crippen LogP contribution in [0.5, 0.6) is 0 Å². The van der Waals surface area contributed by atoms with E-state index in [1.807, 2.05) is 0 Å². The van der Waals surface area contributed by atoms with Gasteiger partial charge in [-0.1, -0.05) is 30.3 Å². The highest BCUT2D eigenvalue weighted by Crippen LogP contribution is 2.24. The molecule has 2 N–H and O–H groups in total. The van der Waals surface area contributed by atoms with E-state index in [9.17, 15) is 20.0 Å². The fraction of sp³-hybridized carbons (Fsp3) is 0.0526. The number of carbonyl (C=O) groups excluding carboxylic acids is 1. The lowest BCUT2D eigenvalue weighted by Crippen LogP contribution is -2.25. The molecule has 0 radical (unpaired) electrons. The summed E-state index contributed by atoms with van der Waals surface area (Å²) in [4.78, 5) is 22.1. The fourth-order valence-corrected chi connectivity index (χ4v) is 2.33. The van der Waals surface area contributed by atoms with Crippen molar-refractivity contribution in [1.82, 2.24) is 5.43 Å². The first-order valence-electron chi connectivity index (χ1n) is 7.95. The van der Waals surface area contributed by atoms with Crippen LogP contribution in [0.2, 0.25) is 0 Å². The summed E-state index contributed by atoms with van der Waals surface area (Å²) in [6.07, 6.45) is -0.0274. The first kappa shape index (κ1) is 18.0. The normalized spacial score (nSPS) is 12.0. The number of non-ortho nitro benzene ring substituents is 1. The summed E-state index contributed by atoms with van der Waals surface area (Å²) in [5.41, 5.74) is 3.37. The van der Waals surface area contributed by atoms with E-state index in [0.717, 1.165) is 0 Å². The molecule has 3 aromatic rings. The lowest BCUT2D eigenvalue weighted by Gasteiger charge is -2.08. The smallest absolute Gasteiger partial charge is 0.273 e. The molecule has 8 heteroatoms. The van der Waals surface area contributed by atoms with Crippen LogP contribution < -0.4 is 5.43 Å². The number of hydrogen-bond donors (Lipinski definition) is 2. The minimum absolute atomic E-state index is 0.00761. The number of rotatable bonds is 6. The highest BCUT2D eigenvalue weighted by molar-refractivity contribution is 5.84. The number of nitro groups is 1. The molecule has 1 atom stereocenters. The molecule has 0 aliphatic carbocycles. The highest BCUT2D eigenvalue weighted by Gasteiger charge is 2.16. The number of hydrogen-bond acceptors (Lipinski definition) is 6. The van der Waals surface area contributed by atoms with Gasteiger partial charge in [-0.25, -0.2) is 5.43 Å². The first-order chi connectivity index (χ1) is 13.0. The second-order valence-corrected chi connectivity index (χ2v) is 5.55. The Bertz CT molecular complexity index is 965. The number of hydrazone groups is 1. The first-order valence-corrected chi connectivity index (χ1v) is 7.95. The Hall–Kier alpha value is -3.78. The topological polar surface area (TPSA) is 118 Å². The molecule has 0 aliphatic rings. The van der Waals surface area contributed by atoms with Crippen LogP contribution in [0.3, 0.4) is 0 Å². The molecular weight excluding hydrogens is 350 g/mol. The van der Waals surface area contributed by atoms with Crippen LogP contribution >= 0.6 is 0 Å². The number of amides is 1. The van der Waals surface area contributed by atoms with Gasteiger partial charge in [0.1, 0.15) is 11.5 Å². The average Bonchev–Trinajstić information content (AvgIpc) is 3.17. The van der Waals surface area contributed by atoms with E-state index >= 15 is 0 Å². The van der Waals surface area contributed by atoms with Crippen molar-refractivity contribution in [3.8, 4) is 11.3 Å². The monoisotopic (exact) mass is 365 g/mol. The van der Waals surface area contributed by atoms with Gasteiger partial charge in [-0.15, -0.1) is 0 Å². The van der Waals surface area contributed by atoms with Gasteiger partial charge in [-0.05, 0) is 29.8 Å². The van der Waals surface area contributed by atoms with Gasteiger partial charge in [0.15, 0.2) is 6.10 Å². The summed E-state index contributed by atoms with van der Waals surface area (Å²) < 4.78 is 5.56. The largest absolute Gasteiger partial charge is 0.455 e. The molecular formula is C19H15N3O5. The molecule has 0 spiro atoms. The maximum absolute atomic E-state index is 11.9. The van der Waals surface area contributed by atoms with E-state index in [2.05, 4.69) is 10.5 Å². The number of benzene rings is 2. The number of aliphatic hydroxyl groups excluding tert-OH is 1. The molecule has 0 saturated heterocycles. The van der Waals surface area contributed by atoms with Gasteiger partial charge >= 0.3 is 0 Å². The van der Waals surface area contributed by atoms with Gasteiger partial charge in [0, 0.05) is 17.7 Å². The highest BCUT2D eigenvalue weighted by atomic mass is 16.6. The third-order valence-corrected chi connectivity index (χ3v) is 3.72. The van der Waals surface area contributed by atoms with Crippen LogP contribution in [-0.2, 0) is 4.79 Å². The number of nitrogens with one attached hydrogen (secondary N) is 1. The zero-order valence-electron chi connectivity index (χ0n) is 14.0. The van der Waals surface area contributed by atoms with Crippen LogP contribution in [0.1, 0.15) is 17.4 Å². The molecule has 8 nitrogen and oxygen atoms in total. The third-order valence-electron chi connectivity index (χ3n) is 3.72. The van der Waals surface area contributed by atoms with E-state index in [1.165, 1.54) is 18.3 Å². The van der Waals surface area contributed by atoms with Crippen molar-refractivity contribution in [3.05, 3.63) is 88.2 Å². The van der Waals surface area contributed by atoms with Crippen LogP contribution in [0.4, 0.5) is 5.69 Å². The zero-order chi connectivity index (χ0) is 19.2. The molecule has 0 unspecified atom stereocenters. The van der Waals surface area contributed by atoms with Crippen molar-refractivity contribution in [2.45, 2.75) is 6.10 Å². The van der Waals surface area contributed by atoms with Gasteiger partial charge in [0.2, 0.25) is 0 Å². The molecule has 3 rings (SSSR count). The van der Waals surface area contributed by atoms with Crippen molar-refractivity contribution in [3.63, 3.8) is 0 Å². The maximum atomic E-state index is 11.9. The Kier molecular flexibility index (Phi) is 5.38. The predicted molar refractivity (Wildman–Crippen MR) is 97.9 cm³/mol. The molecule has 0 fully saturated rings. The van der Waals surface area contributed by atoms with Gasteiger partial charge in [-0.2, -0.15) is 5.10 Å². The maximum Gasteiger partial charge on any atom is 0.273 e. The Morgan fingerprint density at radius 2 is 1.81 bits per heavy atom. The second kappa shape index (κ2) is 8.07. The summed E-state index contributed by atoms with van der Waals surface area (Å²) in [6, 6.07) is 17.7. The Morgan fingerprint density at radius 3 is 2.48 bits per heavy atom. The lowest BCUT2D eigenvalue weighted by molar-refractivity contribution is -0.384. The molecule has 0 aliphatic heterocycles. The summed E-state index contributed by atoms with van der Waals surface area (Å²) in [6.45, 7) is 0. The van der Waals surface area contributed by atoms with E-state index in [-0.39, 0.29) is 5.69 Å². The Morgan fingerprint density at radius 1 is 1.11 bits per heavy atom. The van der Waals surface area contributed by atoms with Crippen LogP contribution in [0.25, 0.3) is 11.3 Å². The quantitative estimate of drug-likeness (QED) is 0.395. The fourth-order valence-electron chi connectivity index (χ4n) is 2.33. The van der Waals surface area contributed by atoms with Crippen molar-refractivity contribution in [2.75, 3.05) is 0 Å². The van der Waals surface area contributed by atoms with Gasteiger partial charge in [0.25, 0.3) is 11.6 Å².